The highest BCUT2D eigenvalue weighted by atomic mass is 79.9. The van der Waals surface area contributed by atoms with E-state index in [2.05, 4.69) is 26.9 Å². The molecule has 1 unspecified atom stereocenters. The van der Waals surface area contributed by atoms with Crippen LogP contribution in [-0.4, -0.2) is 18.5 Å². The van der Waals surface area contributed by atoms with Crippen molar-refractivity contribution in [2.24, 2.45) is 5.92 Å². The molecule has 0 radical (unpaired) electrons. The highest BCUT2D eigenvalue weighted by molar-refractivity contribution is 9.10. The van der Waals surface area contributed by atoms with Gasteiger partial charge in [0, 0.05) is 23.2 Å². The van der Waals surface area contributed by atoms with E-state index in [4.69, 9.17) is 11.0 Å². The van der Waals surface area contributed by atoms with Crippen LogP contribution >= 0.6 is 15.9 Å². The monoisotopic (exact) mass is 281 g/mol. The summed E-state index contributed by atoms with van der Waals surface area (Å²) in [5.74, 6) is 0.0461. The van der Waals surface area contributed by atoms with Crippen LogP contribution in [0.15, 0.2) is 22.7 Å². The number of nitrogens with two attached hydrogens (primary N) is 1. The second kappa shape index (κ2) is 5.88. The second-order valence-electron chi connectivity index (χ2n) is 4.05. The van der Waals surface area contributed by atoms with E-state index in [1.54, 1.807) is 0 Å². The molecule has 0 spiro atoms. The van der Waals surface area contributed by atoms with Gasteiger partial charge in [0.05, 0.1) is 12.0 Å². The first-order chi connectivity index (χ1) is 7.54. The van der Waals surface area contributed by atoms with Gasteiger partial charge in [-0.3, -0.25) is 0 Å². The van der Waals surface area contributed by atoms with Crippen molar-refractivity contribution in [2.45, 2.75) is 13.5 Å². The molecule has 0 bridgehead atoms. The van der Waals surface area contributed by atoms with Crippen molar-refractivity contribution in [1.82, 2.24) is 4.90 Å². The van der Waals surface area contributed by atoms with Gasteiger partial charge in [0.1, 0.15) is 0 Å². The Morgan fingerprint density at radius 1 is 1.56 bits per heavy atom. The molecule has 3 nitrogen and oxygen atoms in total. The highest BCUT2D eigenvalue weighted by Gasteiger charge is 2.08. The van der Waals surface area contributed by atoms with E-state index in [1.807, 2.05) is 32.2 Å². The lowest BCUT2D eigenvalue weighted by Crippen LogP contribution is -2.23. The van der Waals surface area contributed by atoms with Crippen LogP contribution in [0.3, 0.4) is 0 Å². The van der Waals surface area contributed by atoms with Crippen molar-refractivity contribution in [3.63, 3.8) is 0 Å². The molecule has 0 amide bonds. The number of hydrogen-bond acceptors (Lipinski definition) is 3. The smallest absolute Gasteiger partial charge is 0.0666 e. The number of nitrogen functional groups attached to an aromatic ring is 1. The van der Waals surface area contributed by atoms with Crippen molar-refractivity contribution in [1.29, 1.82) is 5.26 Å². The van der Waals surface area contributed by atoms with Gasteiger partial charge in [-0.05, 0) is 41.5 Å². The van der Waals surface area contributed by atoms with Crippen LogP contribution in [0.25, 0.3) is 0 Å². The number of benzene rings is 1. The second-order valence-corrected chi connectivity index (χ2v) is 4.84. The fourth-order valence-electron chi connectivity index (χ4n) is 1.59. The van der Waals surface area contributed by atoms with Gasteiger partial charge in [-0.1, -0.05) is 12.1 Å². The van der Waals surface area contributed by atoms with E-state index in [1.165, 1.54) is 0 Å². The van der Waals surface area contributed by atoms with Crippen molar-refractivity contribution >= 4 is 21.6 Å². The molecule has 16 heavy (non-hydrogen) atoms. The van der Waals surface area contributed by atoms with Crippen LogP contribution < -0.4 is 5.73 Å². The standard InChI is InChI=1S/C12H16BrN3/c1-9(6-14)7-16(2)8-10-4-3-5-11(15)12(10)13/h3-5,9H,7-8,15H2,1-2H3. The summed E-state index contributed by atoms with van der Waals surface area (Å²) in [7, 11) is 2.00. The van der Waals surface area contributed by atoms with Gasteiger partial charge < -0.3 is 10.6 Å². The Labute approximate surface area is 105 Å². The van der Waals surface area contributed by atoms with E-state index in [-0.39, 0.29) is 5.92 Å². The summed E-state index contributed by atoms with van der Waals surface area (Å²) in [5, 5.41) is 8.74. The van der Waals surface area contributed by atoms with Gasteiger partial charge in [-0.2, -0.15) is 5.26 Å². The van der Waals surface area contributed by atoms with Crippen LogP contribution in [-0.2, 0) is 6.54 Å². The number of nitrogens with zero attached hydrogens (tertiary/aromatic N) is 2. The molecule has 0 heterocycles. The van der Waals surface area contributed by atoms with Crippen LogP contribution in [0.1, 0.15) is 12.5 Å². The number of anilines is 1. The molecule has 0 aromatic heterocycles. The molecular formula is C12H16BrN3. The van der Waals surface area contributed by atoms with Gasteiger partial charge >= 0.3 is 0 Å². The molecule has 1 atom stereocenters. The summed E-state index contributed by atoms with van der Waals surface area (Å²) in [6, 6.07) is 8.07. The Hall–Kier alpha value is -1.05. The first-order valence-electron chi connectivity index (χ1n) is 5.15. The van der Waals surface area contributed by atoms with Crippen molar-refractivity contribution < 1.29 is 0 Å². The minimum absolute atomic E-state index is 0.0461. The maximum Gasteiger partial charge on any atom is 0.0666 e. The molecule has 0 aliphatic carbocycles. The van der Waals surface area contributed by atoms with Crippen molar-refractivity contribution in [3.05, 3.63) is 28.2 Å². The van der Waals surface area contributed by atoms with E-state index >= 15 is 0 Å². The molecular weight excluding hydrogens is 266 g/mol. The predicted molar refractivity (Wildman–Crippen MR) is 69.7 cm³/mol. The summed E-state index contributed by atoms with van der Waals surface area (Å²) in [4.78, 5) is 2.12. The largest absolute Gasteiger partial charge is 0.398 e. The van der Waals surface area contributed by atoms with Crippen LogP contribution in [0.4, 0.5) is 5.69 Å². The Morgan fingerprint density at radius 2 is 2.25 bits per heavy atom. The molecule has 0 saturated carbocycles. The zero-order valence-electron chi connectivity index (χ0n) is 9.57. The third-order valence-electron chi connectivity index (χ3n) is 2.35. The third-order valence-corrected chi connectivity index (χ3v) is 3.32. The fraction of sp³-hybridized carbons (Fsp3) is 0.417. The Kier molecular flexibility index (Phi) is 4.78. The maximum atomic E-state index is 8.74. The van der Waals surface area contributed by atoms with Gasteiger partial charge in [0.25, 0.3) is 0 Å². The van der Waals surface area contributed by atoms with E-state index in [0.29, 0.717) is 0 Å². The molecule has 0 aliphatic rings. The van der Waals surface area contributed by atoms with Crippen molar-refractivity contribution in [3.8, 4) is 6.07 Å². The number of halogens is 1. The molecule has 1 aromatic carbocycles. The van der Waals surface area contributed by atoms with Crippen LogP contribution in [0.5, 0.6) is 0 Å². The molecule has 4 heteroatoms. The topological polar surface area (TPSA) is 53.0 Å². The van der Waals surface area contributed by atoms with Gasteiger partial charge in [-0.25, -0.2) is 0 Å². The lowest BCUT2D eigenvalue weighted by molar-refractivity contribution is 0.302. The van der Waals surface area contributed by atoms with Crippen LogP contribution in [0.2, 0.25) is 0 Å². The highest BCUT2D eigenvalue weighted by Crippen LogP contribution is 2.24. The molecule has 0 fully saturated rings. The van der Waals surface area contributed by atoms with E-state index in [0.717, 1.165) is 28.8 Å². The van der Waals surface area contributed by atoms with E-state index < -0.39 is 0 Å². The minimum atomic E-state index is 0.0461. The average molecular weight is 282 g/mol. The molecule has 1 rings (SSSR count). The first kappa shape index (κ1) is 13.0. The molecule has 86 valence electrons. The number of hydrogen-bond donors (Lipinski definition) is 1. The quantitative estimate of drug-likeness (QED) is 0.864. The lowest BCUT2D eigenvalue weighted by atomic mass is 10.1. The maximum absolute atomic E-state index is 8.74. The number of nitriles is 1. The van der Waals surface area contributed by atoms with Crippen LogP contribution in [0, 0.1) is 17.2 Å². The molecule has 0 saturated heterocycles. The molecule has 0 aliphatic heterocycles. The Bertz CT molecular complexity index is 398. The zero-order valence-corrected chi connectivity index (χ0v) is 11.2. The lowest BCUT2D eigenvalue weighted by Gasteiger charge is -2.19. The molecule has 1 aromatic rings. The Morgan fingerprint density at radius 3 is 2.88 bits per heavy atom. The fourth-order valence-corrected chi connectivity index (χ4v) is 1.98. The minimum Gasteiger partial charge on any atom is -0.398 e. The molecule has 2 N–H and O–H groups in total. The van der Waals surface area contributed by atoms with Gasteiger partial charge in [0.2, 0.25) is 0 Å². The normalized spacial score (nSPS) is 12.4. The van der Waals surface area contributed by atoms with Gasteiger partial charge in [-0.15, -0.1) is 0 Å². The first-order valence-corrected chi connectivity index (χ1v) is 5.95. The Balaban J connectivity index is 2.67. The summed E-state index contributed by atoms with van der Waals surface area (Å²) >= 11 is 3.48. The van der Waals surface area contributed by atoms with Crippen molar-refractivity contribution in [2.75, 3.05) is 19.3 Å². The summed E-state index contributed by atoms with van der Waals surface area (Å²) < 4.78 is 0.950. The predicted octanol–water partition coefficient (Wildman–Crippen LogP) is 2.62. The third kappa shape index (κ3) is 3.51. The summed E-state index contributed by atoms with van der Waals surface area (Å²) in [6.07, 6.45) is 0. The number of rotatable bonds is 4. The summed E-state index contributed by atoms with van der Waals surface area (Å²) in [6.45, 7) is 3.47. The SMILES string of the molecule is CC(C#N)CN(C)Cc1cccc(N)c1Br. The van der Waals surface area contributed by atoms with E-state index in [9.17, 15) is 0 Å². The van der Waals surface area contributed by atoms with Gasteiger partial charge in [0.15, 0.2) is 0 Å². The summed E-state index contributed by atoms with van der Waals surface area (Å²) in [5.41, 5.74) is 7.70. The average Bonchev–Trinajstić information content (AvgIpc) is 2.24. The zero-order chi connectivity index (χ0) is 12.1.